The van der Waals surface area contributed by atoms with Gasteiger partial charge in [0.15, 0.2) is 5.82 Å². The van der Waals surface area contributed by atoms with Gasteiger partial charge >= 0.3 is 0 Å². The Morgan fingerprint density at radius 3 is 2.62 bits per heavy atom. The van der Waals surface area contributed by atoms with Crippen LogP contribution in [0.4, 0.5) is 15.8 Å². The van der Waals surface area contributed by atoms with Gasteiger partial charge in [-0.3, -0.25) is 14.9 Å². The number of nitrogens with one attached hydrogen (secondary N) is 1. The van der Waals surface area contributed by atoms with E-state index in [1.165, 1.54) is 18.2 Å². The Labute approximate surface area is 122 Å². The van der Waals surface area contributed by atoms with E-state index in [4.69, 9.17) is 11.6 Å². The third kappa shape index (κ3) is 3.09. The number of carbonyl (C=O) groups excluding carboxylic acids is 1. The molecule has 0 heterocycles. The second-order valence-corrected chi connectivity index (χ2v) is 4.42. The van der Waals surface area contributed by atoms with Gasteiger partial charge < -0.3 is 10.4 Å². The Morgan fingerprint density at radius 2 is 2.05 bits per heavy atom. The number of aromatic hydroxyl groups is 1. The molecule has 8 heteroatoms. The highest BCUT2D eigenvalue weighted by atomic mass is 35.5. The molecule has 0 radical (unpaired) electrons. The summed E-state index contributed by atoms with van der Waals surface area (Å²) in [4.78, 5) is 21.7. The predicted molar refractivity (Wildman–Crippen MR) is 74.1 cm³/mol. The molecule has 108 valence electrons. The first kappa shape index (κ1) is 14.7. The molecular formula is C13H8ClFN2O4. The summed E-state index contributed by atoms with van der Waals surface area (Å²) >= 11 is 5.79. The number of halogens is 2. The van der Waals surface area contributed by atoms with Crippen LogP contribution in [0.5, 0.6) is 5.75 Å². The number of amides is 1. The maximum absolute atomic E-state index is 13.7. The van der Waals surface area contributed by atoms with Crippen LogP contribution >= 0.6 is 11.6 Å². The highest BCUT2D eigenvalue weighted by molar-refractivity contribution is 6.34. The Hall–Kier alpha value is -2.67. The van der Waals surface area contributed by atoms with Crippen molar-refractivity contribution in [3.63, 3.8) is 0 Å². The van der Waals surface area contributed by atoms with Gasteiger partial charge in [0.2, 0.25) is 0 Å². The zero-order valence-corrected chi connectivity index (χ0v) is 11.1. The zero-order valence-electron chi connectivity index (χ0n) is 10.3. The summed E-state index contributed by atoms with van der Waals surface area (Å²) in [5.41, 5.74) is -0.909. The van der Waals surface area contributed by atoms with Crippen molar-refractivity contribution < 1.29 is 19.2 Å². The molecule has 0 saturated heterocycles. The van der Waals surface area contributed by atoms with Crippen molar-refractivity contribution in [3.8, 4) is 5.75 Å². The second kappa shape index (κ2) is 5.76. The summed E-state index contributed by atoms with van der Waals surface area (Å²) in [5, 5.41) is 22.3. The van der Waals surface area contributed by atoms with Gasteiger partial charge in [-0.05, 0) is 18.2 Å². The molecule has 0 unspecified atom stereocenters. The van der Waals surface area contributed by atoms with E-state index in [1.807, 2.05) is 0 Å². The van der Waals surface area contributed by atoms with Crippen LogP contribution in [0.3, 0.4) is 0 Å². The Kier molecular flexibility index (Phi) is 4.04. The van der Waals surface area contributed by atoms with Crippen molar-refractivity contribution in [2.24, 2.45) is 0 Å². The smallest absolute Gasteiger partial charge is 0.272 e. The van der Waals surface area contributed by atoms with Crippen molar-refractivity contribution in [2.45, 2.75) is 0 Å². The first-order valence-electron chi connectivity index (χ1n) is 5.63. The quantitative estimate of drug-likeness (QED) is 0.671. The summed E-state index contributed by atoms with van der Waals surface area (Å²) in [6.45, 7) is 0. The van der Waals surface area contributed by atoms with Gasteiger partial charge in [0, 0.05) is 6.07 Å². The molecule has 2 N–H and O–H groups in total. The maximum Gasteiger partial charge on any atom is 0.272 e. The molecule has 0 bridgehead atoms. The van der Waals surface area contributed by atoms with Crippen LogP contribution in [-0.4, -0.2) is 15.9 Å². The van der Waals surface area contributed by atoms with E-state index in [2.05, 4.69) is 5.32 Å². The number of nitro groups is 1. The third-order valence-corrected chi connectivity index (χ3v) is 2.95. The van der Waals surface area contributed by atoms with E-state index in [9.17, 15) is 24.4 Å². The highest BCUT2D eigenvalue weighted by Gasteiger charge is 2.18. The van der Waals surface area contributed by atoms with Gasteiger partial charge in [-0.25, -0.2) is 4.39 Å². The predicted octanol–water partition coefficient (Wildman–Crippen LogP) is 3.35. The van der Waals surface area contributed by atoms with Gasteiger partial charge in [0.25, 0.3) is 11.6 Å². The molecule has 21 heavy (non-hydrogen) atoms. The van der Waals surface area contributed by atoms with E-state index in [1.54, 1.807) is 0 Å². The van der Waals surface area contributed by atoms with Crippen LogP contribution in [0.15, 0.2) is 36.4 Å². The minimum absolute atomic E-state index is 0.00480. The minimum Gasteiger partial charge on any atom is -0.507 e. The molecule has 6 nitrogen and oxygen atoms in total. The number of nitrogens with zero attached hydrogens (tertiary/aromatic N) is 1. The first-order valence-corrected chi connectivity index (χ1v) is 6.00. The Bertz CT molecular complexity index is 716. The number of hydrogen-bond donors (Lipinski definition) is 2. The van der Waals surface area contributed by atoms with Gasteiger partial charge in [0.05, 0.1) is 21.7 Å². The van der Waals surface area contributed by atoms with Gasteiger partial charge in [-0.1, -0.05) is 17.7 Å². The minimum atomic E-state index is -0.968. The SMILES string of the molecule is O=C(Nc1ccc([N+](=O)[O-])cc1F)c1c(O)cccc1Cl. The normalized spacial score (nSPS) is 10.2. The molecular weight excluding hydrogens is 303 g/mol. The number of hydrogen-bond acceptors (Lipinski definition) is 4. The van der Waals surface area contributed by atoms with Crippen molar-refractivity contribution in [1.82, 2.24) is 0 Å². The lowest BCUT2D eigenvalue weighted by Gasteiger charge is -2.09. The molecule has 0 aromatic heterocycles. The third-order valence-electron chi connectivity index (χ3n) is 2.63. The van der Waals surface area contributed by atoms with Crippen LogP contribution < -0.4 is 5.32 Å². The summed E-state index contributed by atoms with van der Waals surface area (Å²) in [5.74, 6) is -2.16. The lowest BCUT2D eigenvalue weighted by atomic mass is 10.1. The largest absolute Gasteiger partial charge is 0.507 e. The number of carbonyl (C=O) groups is 1. The van der Waals surface area contributed by atoms with Crippen LogP contribution in [0.25, 0.3) is 0 Å². The Balaban J connectivity index is 2.30. The number of nitro benzene ring substituents is 1. The first-order chi connectivity index (χ1) is 9.90. The number of benzene rings is 2. The Morgan fingerprint density at radius 1 is 1.33 bits per heavy atom. The highest BCUT2D eigenvalue weighted by Crippen LogP contribution is 2.27. The molecule has 0 spiro atoms. The van der Waals surface area contributed by atoms with Gasteiger partial charge in [0.1, 0.15) is 11.3 Å². The molecule has 2 rings (SSSR count). The van der Waals surface area contributed by atoms with Gasteiger partial charge in [-0.2, -0.15) is 0 Å². The van der Waals surface area contributed by atoms with E-state index in [0.29, 0.717) is 6.07 Å². The topological polar surface area (TPSA) is 92.5 Å². The van der Waals surface area contributed by atoms with Crippen LogP contribution in [0.2, 0.25) is 5.02 Å². The van der Waals surface area contributed by atoms with Crippen LogP contribution in [-0.2, 0) is 0 Å². The fourth-order valence-corrected chi connectivity index (χ4v) is 1.90. The van der Waals surface area contributed by atoms with E-state index >= 15 is 0 Å². The molecule has 0 aliphatic heterocycles. The van der Waals surface area contributed by atoms with Crippen molar-refractivity contribution in [1.29, 1.82) is 0 Å². The molecule has 0 aliphatic carbocycles. The summed E-state index contributed by atoms with van der Waals surface area (Å²) in [6, 6.07) is 6.88. The molecule has 0 aliphatic rings. The lowest BCUT2D eigenvalue weighted by molar-refractivity contribution is -0.385. The molecule has 1 amide bonds. The fraction of sp³-hybridized carbons (Fsp3) is 0. The van der Waals surface area contributed by atoms with Crippen molar-refractivity contribution >= 4 is 28.9 Å². The standard InChI is InChI=1S/C13H8ClFN2O4/c14-8-2-1-3-11(18)12(8)13(19)16-10-5-4-7(17(20)21)6-9(10)15/h1-6,18H,(H,16,19). The molecule has 0 fully saturated rings. The zero-order chi connectivity index (χ0) is 15.6. The average molecular weight is 311 g/mol. The lowest BCUT2D eigenvalue weighted by Crippen LogP contribution is -2.14. The van der Waals surface area contributed by atoms with Gasteiger partial charge in [-0.15, -0.1) is 0 Å². The second-order valence-electron chi connectivity index (χ2n) is 4.01. The monoisotopic (exact) mass is 310 g/mol. The fourth-order valence-electron chi connectivity index (χ4n) is 1.64. The summed E-state index contributed by atoms with van der Waals surface area (Å²) in [7, 11) is 0. The van der Waals surface area contributed by atoms with E-state index in [-0.39, 0.29) is 22.0 Å². The molecule has 2 aromatic rings. The van der Waals surface area contributed by atoms with E-state index in [0.717, 1.165) is 12.1 Å². The van der Waals surface area contributed by atoms with Crippen molar-refractivity contribution in [2.75, 3.05) is 5.32 Å². The van der Waals surface area contributed by atoms with Crippen LogP contribution in [0, 0.1) is 15.9 Å². The number of anilines is 1. The molecule has 2 aromatic carbocycles. The number of phenolic OH excluding ortho intramolecular Hbond substituents is 1. The number of non-ortho nitro benzene ring substituents is 1. The summed E-state index contributed by atoms with van der Waals surface area (Å²) < 4.78 is 13.7. The number of phenols is 1. The molecule has 0 atom stereocenters. The summed E-state index contributed by atoms with van der Waals surface area (Å²) in [6.07, 6.45) is 0. The average Bonchev–Trinajstić information content (AvgIpc) is 2.40. The number of rotatable bonds is 3. The van der Waals surface area contributed by atoms with E-state index < -0.39 is 22.3 Å². The maximum atomic E-state index is 13.7. The molecule has 0 saturated carbocycles. The van der Waals surface area contributed by atoms with Crippen molar-refractivity contribution in [3.05, 3.63) is 62.9 Å². The van der Waals surface area contributed by atoms with Crippen LogP contribution in [0.1, 0.15) is 10.4 Å².